The number of nitrogens with one attached hydrogen (secondary N) is 1. The van der Waals surface area contributed by atoms with Gasteiger partial charge in [0.05, 0.1) is 11.1 Å². The standard InChI is InChI=1S/C13H16ClNO4/c1-8(16)3-2-4-15-13(17)9-5-10(14)12-11(6-9)18-7-19-12/h5-6,8,16H,2-4,7H2,1H3,(H,15,17). The summed E-state index contributed by atoms with van der Waals surface area (Å²) in [6, 6.07) is 3.16. The first-order valence-electron chi connectivity index (χ1n) is 6.13. The molecule has 2 N–H and O–H groups in total. The van der Waals surface area contributed by atoms with E-state index in [0.29, 0.717) is 35.1 Å². The molecule has 0 aromatic heterocycles. The van der Waals surface area contributed by atoms with Gasteiger partial charge in [-0.05, 0) is 31.9 Å². The second-order valence-electron chi connectivity index (χ2n) is 4.44. The molecule has 0 saturated heterocycles. The average Bonchev–Trinajstić information content (AvgIpc) is 2.82. The summed E-state index contributed by atoms with van der Waals surface area (Å²) in [5.74, 6) is 0.750. The number of fused-ring (bicyclic) bond motifs is 1. The van der Waals surface area contributed by atoms with E-state index in [2.05, 4.69) is 5.32 Å². The number of hydrogen-bond donors (Lipinski definition) is 2. The molecule has 19 heavy (non-hydrogen) atoms. The van der Waals surface area contributed by atoms with Crippen LogP contribution >= 0.6 is 11.6 Å². The molecular formula is C13H16ClNO4. The number of carbonyl (C=O) groups excluding carboxylic acids is 1. The van der Waals surface area contributed by atoms with Gasteiger partial charge in [0, 0.05) is 12.1 Å². The van der Waals surface area contributed by atoms with Crippen LogP contribution in [0.25, 0.3) is 0 Å². The number of aliphatic hydroxyl groups excluding tert-OH is 1. The van der Waals surface area contributed by atoms with Gasteiger partial charge in [-0.3, -0.25) is 4.79 Å². The van der Waals surface area contributed by atoms with Crippen molar-refractivity contribution in [3.63, 3.8) is 0 Å². The van der Waals surface area contributed by atoms with E-state index in [9.17, 15) is 4.79 Å². The lowest BCUT2D eigenvalue weighted by Crippen LogP contribution is -2.25. The third-order valence-corrected chi connectivity index (χ3v) is 3.05. The molecule has 1 aliphatic heterocycles. The predicted octanol–water partition coefficient (Wildman–Crippen LogP) is 1.96. The number of halogens is 1. The third kappa shape index (κ3) is 3.52. The average molecular weight is 286 g/mol. The van der Waals surface area contributed by atoms with Gasteiger partial charge in [0.25, 0.3) is 5.91 Å². The summed E-state index contributed by atoms with van der Waals surface area (Å²) in [5, 5.41) is 12.2. The van der Waals surface area contributed by atoms with E-state index in [-0.39, 0.29) is 18.8 Å². The van der Waals surface area contributed by atoms with Gasteiger partial charge in [-0.1, -0.05) is 11.6 Å². The highest BCUT2D eigenvalue weighted by molar-refractivity contribution is 6.32. The minimum Gasteiger partial charge on any atom is -0.454 e. The van der Waals surface area contributed by atoms with Crippen LogP contribution in [-0.2, 0) is 0 Å². The highest BCUT2D eigenvalue weighted by atomic mass is 35.5. The van der Waals surface area contributed by atoms with Gasteiger partial charge in [0.15, 0.2) is 11.5 Å². The van der Waals surface area contributed by atoms with Crippen molar-refractivity contribution in [2.45, 2.75) is 25.9 Å². The zero-order valence-electron chi connectivity index (χ0n) is 10.6. The first kappa shape index (κ1) is 14.0. The number of benzene rings is 1. The first-order chi connectivity index (χ1) is 9.08. The molecule has 5 nitrogen and oxygen atoms in total. The van der Waals surface area contributed by atoms with Crippen molar-refractivity contribution in [3.05, 3.63) is 22.7 Å². The molecule has 6 heteroatoms. The Morgan fingerprint density at radius 1 is 1.53 bits per heavy atom. The van der Waals surface area contributed by atoms with Gasteiger partial charge in [0.1, 0.15) is 0 Å². The Morgan fingerprint density at radius 3 is 3.05 bits per heavy atom. The quantitative estimate of drug-likeness (QED) is 0.812. The van der Waals surface area contributed by atoms with Crippen LogP contribution < -0.4 is 14.8 Å². The minimum atomic E-state index is -0.350. The molecule has 1 atom stereocenters. The van der Waals surface area contributed by atoms with Gasteiger partial charge in [-0.15, -0.1) is 0 Å². The number of ether oxygens (including phenoxy) is 2. The van der Waals surface area contributed by atoms with Crippen LogP contribution in [0, 0.1) is 0 Å². The number of aliphatic hydroxyl groups is 1. The SMILES string of the molecule is CC(O)CCCNC(=O)c1cc(Cl)c2c(c1)OCO2. The van der Waals surface area contributed by atoms with E-state index in [1.54, 1.807) is 19.1 Å². The van der Waals surface area contributed by atoms with Crippen molar-refractivity contribution in [2.24, 2.45) is 0 Å². The lowest BCUT2D eigenvalue weighted by molar-refractivity contribution is 0.0949. The molecule has 1 aromatic rings. The highest BCUT2D eigenvalue weighted by Crippen LogP contribution is 2.39. The van der Waals surface area contributed by atoms with E-state index in [4.69, 9.17) is 26.2 Å². The topological polar surface area (TPSA) is 67.8 Å². The fourth-order valence-corrected chi connectivity index (χ4v) is 2.07. The fourth-order valence-electron chi connectivity index (χ4n) is 1.80. The van der Waals surface area contributed by atoms with Crippen molar-refractivity contribution < 1.29 is 19.4 Å². The molecule has 0 aliphatic carbocycles. The lowest BCUT2D eigenvalue weighted by atomic mass is 10.1. The van der Waals surface area contributed by atoms with Crippen LogP contribution in [0.2, 0.25) is 5.02 Å². The molecule has 2 rings (SSSR count). The van der Waals surface area contributed by atoms with Crippen molar-refractivity contribution in [1.82, 2.24) is 5.32 Å². The summed E-state index contributed by atoms with van der Waals surface area (Å²) in [7, 11) is 0. The van der Waals surface area contributed by atoms with Crippen molar-refractivity contribution >= 4 is 17.5 Å². The van der Waals surface area contributed by atoms with Crippen LogP contribution in [0.1, 0.15) is 30.1 Å². The summed E-state index contributed by atoms with van der Waals surface area (Å²) in [5.41, 5.74) is 0.436. The van der Waals surface area contributed by atoms with Gasteiger partial charge in [-0.25, -0.2) is 0 Å². The summed E-state index contributed by atoms with van der Waals surface area (Å²) in [6.45, 7) is 2.35. The number of rotatable bonds is 5. The molecule has 0 radical (unpaired) electrons. The van der Waals surface area contributed by atoms with Crippen molar-refractivity contribution in [2.75, 3.05) is 13.3 Å². The predicted molar refractivity (Wildman–Crippen MR) is 70.8 cm³/mol. The van der Waals surface area contributed by atoms with Gasteiger partial charge in [0.2, 0.25) is 6.79 Å². The first-order valence-corrected chi connectivity index (χ1v) is 6.51. The Labute approximate surface area is 116 Å². The maximum atomic E-state index is 11.9. The van der Waals surface area contributed by atoms with E-state index < -0.39 is 0 Å². The number of hydrogen-bond acceptors (Lipinski definition) is 4. The minimum absolute atomic E-state index is 0.120. The van der Waals surface area contributed by atoms with Crippen LogP contribution in [0.15, 0.2) is 12.1 Å². The zero-order chi connectivity index (χ0) is 13.8. The second-order valence-corrected chi connectivity index (χ2v) is 4.85. The molecule has 1 amide bonds. The fraction of sp³-hybridized carbons (Fsp3) is 0.462. The van der Waals surface area contributed by atoms with E-state index in [0.717, 1.165) is 6.42 Å². The summed E-state index contributed by atoms with van der Waals surface area (Å²) in [4.78, 5) is 11.9. The molecule has 0 fully saturated rings. The number of amides is 1. The molecule has 1 aromatic carbocycles. The van der Waals surface area contributed by atoms with Crippen LogP contribution in [0.5, 0.6) is 11.5 Å². The number of carbonyl (C=O) groups is 1. The molecule has 1 unspecified atom stereocenters. The van der Waals surface area contributed by atoms with Gasteiger partial charge >= 0.3 is 0 Å². The summed E-state index contributed by atoms with van der Waals surface area (Å²) >= 11 is 6.00. The Bertz CT molecular complexity index is 476. The monoisotopic (exact) mass is 285 g/mol. The smallest absolute Gasteiger partial charge is 0.251 e. The molecular weight excluding hydrogens is 270 g/mol. The molecule has 1 heterocycles. The Balaban J connectivity index is 1.94. The Hall–Kier alpha value is -1.46. The largest absolute Gasteiger partial charge is 0.454 e. The van der Waals surface area contributed by atoms with E-state index >= 15 is 0 Å². The van der Waals surface area contributed by atoms with Crippen molar-refractivity contribution in [1.29, 1.82) is 0 Å². The Morgan fingerprint density at radius 2 is 2.32 bits per heavy atom. The van der Waals surface area contributed by atoms with E-state index in [1.807, 2.05) is 0 Å². The van der Waals surface area contributed by atoms with Crippen LogP contribution in [0.4, 0.5) is 0 Å². The molecule has 0 bridgehead atoms. The molecule has 0 saturated carbocycles. The normalized spacial score (nSPS) is 14.3. The third-order valence-electron chi connectivity index (χ3n) is 2.77. The highest BCUT2D eigenvalue weighted by Gasteiger charge is 2.20. The Kier molecular flexibility index (Phi) is 4.50. The molecule has 104 valence electrons. The van der Waals surface area contributed by atoms with Crippen molar-refractivity contribution in [3.8, 4) is 11.5 Å². The maximum Gasteiger partial charge on any atom is 0.251 e. The second kappa shape index (κ2) is 6.12. The van der Waals surface area contributed by atoms with Crippen LogP contribution in [-0.4, -0.2) is 30.5 Å². The zero-order valence-corrected chi connectivity index (χ0v) is 11.4. The van der Waals surface area contributed by atoms with Gasteiger partial charge in [-0.2, -0.15) is 0 Å². The molecule has 1 aliphatic rings. The maximum absolute atomic E-state index is 11.9. The van der Waals surface area contributed by atoms with Crippen LogP contribution in [0.3, 0.4) is 0 Å². The molecule has 0 spiro atoms. The summed E-state index contributed by atoms with van der Waals surface area (Å²) < 4.78 is 10.4. The summed E-state index contributed by atoms with van der Waals surface area (Å²) in [6.07, 6.45) is 1.03. The van der Waals surface area contributed by atoms with E-state index in [1.165, 1.54) is 0 Å². The van der Waals surface area contributed by atoms with Gasteiger partial charge < -0.3 is 19.9 Å². The lowest BCUT2D eigenvalue weighted by Gasteiger charge is -2.08.